The lowest BCUT2D eigenvalue weighted by Gasteiger charge is -2.07. The Balaban J connectivity index is 4.16. The van der Waals surface area contributed by atoms with Gasteiger partial charge >= 0.3 is 12.4 Å². The van der Waals surface area contributed by atoms with Gasteiger partial charge in [0.1, 0.15) is 7.92 Å². The maximum atomic E-state index is 11.6. The Morgan fingerprint density at radius 2 is 1.23 bits per heavy atom. The highest BCUT2D eigenvalue weighted by Gasteiger charge is 2.44. The second kappa shape index (κ2) is 4.14. The van der Waals surface area contributed by atoms with Crippen LogP contribution in [0, 0.1) is 11.1 Å². The fraction of sp³-hybridized carbons (Fsp3) is 0.800. The highest BCUT2D eigenvalue weighted by molar-refractivity contribution is 7.62. The molecule has 0 aromatic heterocycles. The summed E-state index contributed by atoms with van der Waals surface area (Å²) in [5.74, 6) is 1.08. The van der Waals surface area contributed by atoms with Gasteiger partial charge in [0, 0.05) is 0 Å². The van der Waals surface area contributed by atoms with Crippen molar-refractivity contribution in [1.29, 1.82) is 5.26 Å². The summed E-state index contributed by atoms with van der Waals surface area (Å²) in [7, 11) is -3.04. The van der Waals surface area contributed by atoms with Crippen molar-refractivity contribution >= 4 is 7.92 Å². The zero-order valence-electron chi connectivity index (χ0n) is 6.13. The van der Waals surface area contributed by atoms with E-state index in [1.807, 2.05) is 0 Å². The van der Waals surface area contributed by atoms with E-state index in [-0.39, 0.29) is 0 Å². The summed E-state index contributed by atoms with van der Waals surface area (Å²) >= 11 is 0. The average Bonchev–Trinajstić information content (AvgIpc) is 1.79. The van der Waals surface area contributed by atoms with Crippen LogP contribution in [0.25, 0.3) is 0 Å². The number of hydrogen-bond donors (Lipinski definition) is 0. The van der Waals surface area contributed by atoms with Gasteiger partial charge in [0.15, 0.2) is 12.3 Å². The Bertz CT molecular complexity index is 185. The molecule has 0 spiro atoms. The van der Waals surface area contributed by atoms with Crippen molar-refractivity contribution in [2.75, 3.05) is 12.3 Å². The molecule has 0 amide bonds. The number of nitriles is 1. The van der Waals surface area contributed by atoms with E-state index < -0.39 is 32.6 Å². The molecule has 0 aliphatic heterocycles. The first-order valence-corrected chi connectivity index (χ1v) is 4.94. The second-order valence-electron chi connectivity index (χ2n) is 2.30. The van der Waals surface area contributed by atoms with Crippen molar-refractivity contribution in [3.8, 4) is 5.81 Å². The average molecular weight is 224 g/mol. The van der Waals surface area contributed by atoms with Crippen LogP contribution in [-0.4, -0.2) is 24.7 Å². The standard InChI is InChI=1S/C5H4F6NP/c6-4(7,8)1-13(3-12)2-5(9,10)11/h1-2H2/p+1. The summed E-state index contributed by atoms with van der Waals surface area (Å²) in [6.07, 6.45) is -12.6. The normalized spacial score (nSPS) is 13.1. The molecule has 76 valence electrons. The van der Waals surface area contributed by atoms with Crippen molar-refractivity contribution in [1.82, 2.24) is 0 Å². The van der Waals surface area contributed by atoms with Crippen molar-refractivity contribution in [2.24, 2.45) is 0 Å². The molecule has 0 rings (SSSR count). The second-order valence-corrected chi connectivity index (χ2v) is 4.44. The predicted octanol–water partition coefficient (Wildman–Crippen LogP) is 2.81. The first kappa shape index (κ1) is 12.5. The lowest BCUT2D eigenvalue weighted by molar-refractivity contribution is -0.111. The van der Waals surface area contributed by atoms with E-state index in [1.54, 1.807) is 0 Å². The minimum Gasteiger partial charge on any atom is -0.167 e. The van der Waals surface area contributed by atoms with Gasteiger partial charge in [-0.05, 0) is 0 Å². The summed E-state index contributed by atoms with van der Waals surface area (Å²) in [5, 5.41) is 8.05. The highest BCUT2D eigenvalue weighted by Crippen LogP contribution is 2.44. The molecule has 8 heteroatoms. The first-order valence-electron chi connectivity index (χ1n) is 3.02. The van der Waals surface area contributed by atoms with Gasteiger partial charge in [-0.1, -0.05) is 0 Å². The van der Waals surface area contributed by atoms with E-state index >= 15 is 0 Å². The van der Waals surface area contributed by atoms with E-state index in [9.17, 15) is 26.3 Å². The Morgan fingerprint density at radius 1 is 0.923 bits per heavy atom. The molecular formula is C5H5F6NP+. The Kier molecular flexibility index (Phi) is 3.98. The van der Waals surface area contributed by atoms with Gasteiger partial charge in [0.05, 0.1) is 0 Å². The van der Waals surface area contributed by atoms with Crippen LogP contribution in [0.1, 0.15) is 0 Å². The van der Waals surface area contributed by atoms with Gasteiger partial charge in [-0.25, -0.2) is 0 Å². The minimum absolute atomic E-state index is 1.08. The molecule has 0 radical (unpaired) electrons. The molecule has 0 saturated carbocycles. The molecule has 13 heavy (non-hydrogen) atoms. The molecule has 0 saturated heterocycles. The van der Waals surface area contributed by atoms with E-state index in [4.69, 9.17) is 5.26 Å². The number of rotatable bonds is 2. The predicted molar refractivity (Wildman–Crippen MR) is 35.8 cm³/mol. The highest BCUT2D eigenvalue weighted by atomic mass is 31.1. The Morgan fingerprint density at radius 3 is 1.38 bits per heavy atom. The Hall–Kier alpha value is -0.500. The molecule has 0 heterocycles. The van der Waals surface area contributed by atoms with E-state index in [2.05, 4.69) is 0 Å². The van der Waals surface area contributed by atoms with Crippen molar-refractivity contribution < 1.29 is 26.3 Å². The molecule has 0 aliphatic rings. The zero-order valence-corrected chi connectivity index (χ0v) is 7.13. The van der Waals surface area contributed by atoms with Crippen molar-refractivity contribution in [3.05, 3.63) is 0 Å². The monoisotopic (exact) mass is 224 g/mol. The van der Waals surface area contributed by atoms with Gasteiger partial charge in [0.2, 0.25) is 5.81 Å². The number of alkyl halides is 6. The van der Waals surface area contributed by atoms with E-state index in [0.29, 0.717) is 0 Å². The van der Waals surface area contributed by atoms with Gasteiger partial charge < -0.3 is 0 Å². The fourth-order valence-electron chi connectivity index (χ4n) is 0.625. The third kappa shape index (κ3) is 7.85. The summed E-state index contributed by atoms with van der Waals surface area (Å²) in [6, 6.07) is 0. The maximum absolute atomic E-state index is 11.6. The van der Waals surface area contributed by atoms with Crippen molar-refractivity contribution in [2.45, 2.75) is 12.4 Å². The molecule has 0 aromatic carbocycles. The van der Waals surface area contributed by atoms with Gasteiger partial charge in [-0.15, -0.1) is 0 Å². The summed E-state index contributed by atoms with van der Waals surface area (Å²) < 4.78 is 69.4. The molecular weight excluding hydrogens is 219 g/mol. The molecule has 1 nitrogen and oxygen atoms in total. The number of hydrogen-bond acceptors (Lipinski definition) is 1. The molecule has 0 unspecified atom stereocenters. The van der Waals surface area contributed by atoms with Gasteiger partial charge in [-0.3, -0.25) is 0 Å². The minimum atomic E-state index is -4.69. The molecule has 0 aliphatic carbocycles. The van der Waals surface area contributed by atoms with Crippen LogP contribution in [0.2, 0.25) is 0 Å². The summed E-state index contributed by atoms with van der Waals surface area (Å²) in [5.41, 5.74) is 0. The molecule has 0 N–H and O–H groups in total. The summed E-state index contributed by atoms with van der Waals surface area (Å²) in [6.45, 7) is 0. The third-order valence-corrected chi connectivity index (χ3v) is 2.96. The smallest absolute Gasteiger partial charge is 0.167 e. The quantitative estimate of drug-likeness (QED) is 0.522. The maximum Gasteiger partial charge on any atom is 0.423 e. The van der Waals surface area contributed by atoms with Gasteiger partial charge in [-0.2, -0.15) is 31.6 Å². The lowest BCUT2D eigenvalue weighted by atomic mass is 10.8. The number of halogens is 6. The Labute approximate surface area is 71.1 Å². The van der Waals surface area contributed by atoms with Crippen LogP contribution >= 0.6 is 7.92 Å². The van der Waals surface area contributed by atoms with Crippen molar-refractivity contribution in [3.63, 3.8) is 0 Å². The number of nitrogens with zero attached hydrogens (tertiary/aromatic N) is 1. The van der Waals surface area contributed by atoms with Gasteiger partial charge in [0.25, 0.3) is 0 Å². The van der Waals surface area contributed by atoms with Crippen LogP contribution in [0.5, 0.6) is 0 Å². The van der Waals surface area contributed by atoms with E-state index in [0.717, 1.165) is 5.81 Å². The molecule has 0 fully saturated rings. The van der Waals surface area contributed by atoms with Crippen LogP contribution in [0.15, 0.2) is 0 Å². The summed E-state index contributed by atoms with van der Waals surface area (Å²) in [4.78, 5) is 0. The molecule has 0 aromatic rings. The SMILES string of the molecule is N#C[PH+](CC(F)(F)F)CC(F)(F)F. The van der Waals surface area contributed by atoms with E-state index in [1.165, 1.54) is 0 Å². The topological polar surface area (TPSA) is 23.8 Å². The molecule has 0 bridgehead atoms. The first-order chi connectivity index (χ1) is 5.64. The fourth-order valence-corrected chi connectivity index (χ4v) is 1.88. The van der Waals surface area contributed by atoms with Crippen LogP contribution in [0.4, 0.5) is 26.3 Å². The van der Waals surface area contributed by atoms with Crippen LogP contribution < -0.4 is 0 Å². The van der Waals surface area contributed by atoms with Crippen LogP contribution in [-0.2, 0) is 0 Å². The molecule has 0 atom stereocenters. The third-order valence-electron chi connectivity index (χ3n) is 0.986. The zero-order chi connectivity index (χ0) is 10.7. The van der Waals surface area contributed by atoms with Crippen LogP contribution in [0.3, 0.4) is 0 Å². The lowest BCUT2D eigenvalue weighted by Crippen LogP contribution is -2.19. The largest absolute Gasteiger partial charge is 0.423 e.